The van der Waals surface area contributed by atoms with Crippen molar-refractivity contribution in [2.24, 2.45) is 10.9 Å². The monoisotopic (exact) mass is 559 g/mol. The van der Waals surface area contributed by atoms with Crippen LogP contribution in [0.4, 0.5) is 5.82 Å². The summed E-state index contributed by atoms with van der Waals surface area (Å²) in [6.07, 6.45) is 10.3. The van der Waals surface area contributed by atoms with Crippen LogP contribution in [0.5, 0.6) is 0 Å². The van der Waals surface area contributed by atoms with Gasteiger partial charge in [0, 0.05) is 58.8 Å². The number of halogens is 1. The van der Waals surface area contributed by atoms with Gasteiger partial charge in [-0.05, 0) is 62.6 Å². The number of anilines is 1. The molecule has 182 valence electrons. The molecule has 3 rings (SSSR count). The third-order valence-corrected chi connectivity index (χ3v) is 5.96. The molecule has 0 radical (unpaired) electrons. The molecule has 2 aliphatic heterocycles. The van der Waals surface area contributed by atoms with Gasteiger partial charge < -0.3 is 25.0 Å². The lowest BCUT2D eigenvalue weighted by Crippen LogP contribution is -2.38. The van der Waals surface area contributed by atoms with Gasteiger partial charge in [0.1, 0.15) is 5.82 Å². The molecular weight excluding hydrogens is 517 g/mol. The van der Waals surface area contributed by atoms with Crippen molar-refractivity contribution in [2.75, 3.05) is 57.5 Å². The van der Waals surface area contributed by atoms with Crippen LogP contribution in [0.15, 0.2) is 23.3 Å². The minimum Gasteiger partial charge on any atom is -0.381 e. The van der Waals surface area contributed by atoms with E-state index in [1.54, 1.807) is 0 Å². The van der Waals surface area contributed by atoms with Crippen LogP contribution in [0.25, 0.3) is 0 Å². The van der Waals surface area contributed by atoms with Crippen molar-refractivity contribution in [2.45, 2.75) is 58.4 Å². The summed E-state index contributed by atoms with van der Waals surface area (Å²) in [6, 6.07) is 4.26. The standard InChI is InChI=1S/C24H41N5O2.HI/c1-2-25-24(27-11-7-15-31-20-21-9-16-30-17-10-21)28-19-22-8-12-26-23(18-22)29-13-5-3-4-6-14-29;/h8,12,18,21H,2-7,9-11,13-17,19-20H2,1H3,(H2,25,27,28);1H. The zero-order valence-corrected chi connectivity index (χ0v) is 22.0. The van der Waals surface area contributed by atoms with E-state index in [9.17, 15) is 0 Å². The fourth-order valence-corrected chi connectivity index (χ4v) is 4.09. The number of nitrogens with one attached hydrogen (secondary N) is 2. The lowest BCUT2D eigenvalue weighted by Gasteiger charge is -2.21. The molecule has 0 bridgehead atoms. The second-order valence-corrected chi connectivity index (χ2v) is 8.53. The van der Waals surface area contributed by atoms with E-state index < -0.39 is 0 Å². The first-order valence-electron chi connectivity index (χ1n) is 12.2. The second-order valence-electron chi connectivity index (χ2n) is 8.53. The Kier molecular flexibility index (Phi) is 14.0. The van der Waals surface area contributed by atoms with Crippen LogP contribution in [-0.4, -0.2) is 63.6 Å². The van der Waals surface area contributed by atoms with Gasteiger partial charge in [0.2, 0.25) is 0 Å². The van der Waals surface area contributed by atoms with E-state index in [0.717, 1.165) is 83.6 Å². The number of aliphatic imine (C=N–C) groups is 1. The summed E-state index contributed by atoms with van der Waals surface area (Å²) in [5, 5.41) is 6.77. The number of nitrogens with zero attached hydrogens (tertiary/aromatic N) is 3. The normalized spacial score (nSPS) is 18.0. The van der Waals surface area contributed by atoms with Crippen molar-refractivity contribution < 1.29 is 9.47 Å². The Morgan fingerprint density at radius 3 is 2.72 bits per heavy atom. The minimum absolute atomic E-state index is 0. The molecule has 8 heteroatoms. The molecule has 2 fully saturated rings. The Balaban J connectivity index is 0.00000363. The van der Waals surface area contributed by atoms with E-state index >= 15 is 0 Å². The topological polar surface area (TPSA) is 71.0 Å². The van der Waals surface area contributed by atoms with Crippen LogP contribution in [0.3, 0.4) is 0 Å². The molecule has 2 N–H and O–H groups in total. The van der Waals surface area contributed by atoms with Gasteiger partial charge in [0.15, 0.2) is 5.96 Å². The van der Waals surface area contributed by atoms with Crippen LogP contribution in [0.1, 0.15) is 57.4 Å². The molecule has 0 amide bonds. The molecule has 0 atom stereocenters. The van der Waals surface area contributed by atoms with Crippen molar-refractivity contribution in [3.8, 4) is 0 Å². The van der Waals surface area contributed by atoms with Gasteiger partial charge in [-0.25, -0.2) is 9.98 Å². The highest BCUT2D eigenvalue weighted by Gasteiger charge is 2.13. The fourth-order valence-electron chi connectivity index (χ4n) is 4.09. The van der Waals surface area contributed by atoms with Gasteiger partial charge >= 0.3 is 0 Å². The predicted molar refractivity (Wildman–Crippen MR) is 142 cm³/mol. The summed E-state index contributed by atoms with van der Waals surface area (Å²) < 4.78 is 11.3. The molecule has 0 spiro atoms. The van der Waals surface area contributed by atoms with E-state index in [0.29, 0.717) is 12.5 Å². The Hall–Kier alpha value is -1.13. The lowest BCUT2D eigenvalue weighted by atomic mass is 10.0. The van der Waals surface area contributed by atoms with E-state index in [4.69, 9.17) is 14.5 Å². The van der Waals surface area contributed by atoms with E-state index in [-0.39, 0.29) is 24.0 Å². The summed E-state index contributed by atoms with van der Waals surface area (Å²) in [5.74, 6) is 2.62. The van der Waals surface area contributed by atoms with Gasteiger partial charge in [0.05, 0.1) is 6.54 Å². The number of hydrogen-bond acceptors (Lipinski definition) is 5. The third kappa shape index (κ3) is 10.2. The molecular formula is C24H42IN5O2. The highest BCUT2D eigenvalue weighted by atomic mass is 127. The molecule has 0 aliphatic carbocycles. The number of hydrogen-bond donors (Lipinski definition) is 2. The minimum atomic E-state index is 0. The highest BCUT2D eigenvalue weighted by Crippen LogP contribution is 2.18. The van der Waals surface area contributed by atoms with Crippen molar-refractivity contribution >= 4 is 35.8 Å². The number of aromatic nitrogens is 1. The Morgan fingerprint density at radius 1 is 1.19 bits per heavy atom. The average Bonchev–Trinajstić information content (AvgIpc) is 3.10. The first kappa shape index (κ1) is 27.1. The zero-order valence-electron chi connectivity index (χ0n) is 19.7. The SMILES string of the molecule is CCNC(=NCc1ccnc(N2CCCCCC2)c1)NCCCOCC1CCOCC1.I. The molecule has 0 aromatic carbocycles. The molecule has 2 aliphatic rings. The zero-order chi connectivity index (χ0) is 21.6. The molecule has 0 unspecified atom stereocenters. The highest BCUT2D eigenvalue weighted by molar-refractivity contribution is 14.0. The summed E-state index contributed by atoms with van der Waals surface area (Å²) >= 11 is 0. The molecule has 32 heavy (non-hydrogen) atoms. The van der Waals surface area contributed by atoms with Crippen molar-refractivity contribution in [1.29, 1.82) is 0 Å². The van der Waals surface area contributed by atoms with Crippen molar-refractivity contribution in [1.82, 2.24) is 15.6 Å². The maximum absolute atomic E-state index is 5.86. The number of ether oxygens (including phenoxy) is 2. The first-order chi connectivity index (χ1) is 15.3. The summed E-state index contributed by atoms with van der Waals surface area (Å²) in [4.78, 5) is 11.8. The lowest BCUT2D eigenvalue weighted by molar-refractivity contribution is 0.0203. The van der Waals surface area contributed by atoms with Gasteiger partial charge in [-0.3, -0.25) is 0 Å². The summed E-state index contributed by atoms with van der Waals surface area (Å²) in [7, 11) is 0. The molecule has 1 aromatic heterocycles. The first-order valence-corrected chi connectivity index (χ1v) is 12.2. The summed E-state index contributed by atoms with van der Waals surface area (Å²) in [6.45, 7) is 10.1. The van der Waals surface area contributed by atoms with Crippen LogP contribution in [0.2, 0.25) is 0 Å². The maximum atomic E-state index is 5.86. The second kappa shape index (κ2) is 16.5. The van der Waals surface area contributed by atoms with E-state index in [1.165, 1.54) is 31.2 Å². The molecule has 3 heterocycles. The van der Waals surface area contributed by atoms with Crippen molar-refractivity contribution in [3.63, 3.8) is 0 Å². The van der Waals surface area contributed by atoms with Crippen molar-refractivity contribution in [3.05, 3.63) is 23.9 Å². The van der Waals surface area contributed by atoms with E-state index in [1.807, 2.05) is 6.20 Å². The Morgan fingerprint density at radius 2 is 1.97 bits per heavy atom. The van der Waals surface area contributed by atoms with Crippen LogP contribution < -0.4 is 15.5 Å². The van der Waals surface area contributed by atoms with Gasteiger partial charge in [-0.15, -0.1) is 24.0 Å². The maximum Gasteiger partial charge on any atom is 0.191 e. The van der Waals surface area contributed by atoms with E-state index in [2.05, 4.69) is 39.6 Å². The number of rotatable bonds is 10. The molecule has 7 nitrogen and oxygen atoms in total. The quantitative estimate of drug-likeness (QED) is 0.196. The predicted octanol–water partition coefficient (Wildman–Crippen LogP) is 3.97. The number of guanidine groups is 1. The van der Waals surface area contributed by atoms with Crippen LogP contribution in [-0.2, 0) is 16.0 Å². The Bertz CT molecular complexity index is 647. The Labute approximate surface area is 211 Å². The summed E-state index contributed by atoms with van der Waals surface area (Å²) in [5.41, 5.74) is 1.20. The van der Waals surface area contributed by atoms with Crippen LogP contribution in [0, 0.1) is 5.92 Å². The van der Waals surface area contributed by atoms with Crippen LogP contribution >= 0.6 is 24.0 Å². The molecule has 0 saturated carbocycles. The van der Waals surface area contributed by atoms with Gasteiger partial charge in [-0.2, -0.15) is 0 Å². The average molecular weight is 560 g/mol. The smallest absolute Gasteiger partial charge is 0.191 e. The third-order valence-electron chi connectivity index (χ3n) is 5.96. The molecule has 1 aromatic rings. The largest absolute Gasteiger partial charge is 0.381 e. The van der Waals surface area contributed by atoms with Gasteiger partial charge in [0.25, 0.3) is 0 Å². The van der Waals surface area contributed by atoms with Gasteiger partial charge in [-0.1, -0.05) is 12.8 Å². The number of pyridine rings is 1. The molecule has 2 saturated heterocycles. The fraction of sp³-hybridized carbons (Fsp3) is 0.750.